The normalized spacial score (nSPS) is 26.7. The Labute approximate surface area is 274 Å². The number of likely N-dealkylation sites (N-methyl/N-ethyl adjacent to an activating group) is 1. The Kier molecular flexibility index (Phi) is 7.56. The maximum Gasteiger partial charge on any atom is 0.409 e. The summed E-state index contributed by atoms with van der Waals surface area (Å²) < 4.78 is 43.4. The summed E-state index contributed by atoms with van der Waals surface area (Å²) in [5.41, 5.74) is 1.28. The molecule has 0 aliphatic carbocycles. The van der Waals surface area contributed by atoms with Crippen LogP contribution in [0, 0.1) is 5.82 Å². The minimum atomic E-state index is -0.938. The third-order valence-electron chi connectivity index (χ3n) is 10.2. The highest BCUT2D eigenvalue weighted by molar-refractivity contribution is 6.33. The number of H-pyrrole nitrogens is 1. The lowest BCUT2D eigenvalue weighted by atomic mass is 9.95. The summed E-state index contributed by atoms with van der Waals surface area (Å²) in [4.78, 5) is 32.5. The number of ether oxygens (including phenoxy) is 2. The van der Waals surface area contributed by atoms with Gasteiger partial charge in [0.15, 0.2) is 5.82 Å². The highest BCUT2D eigenvalue weighted by Crippen LogP contribution is 2.42. The molecule has 1 amide bonds. The molecule has 3 aromatic heterocycles. The van der Waals surface area contributed by atoms with Crippen molar-refractivity contribution in [2.24, 2.45) is 0 Å². The average molecular weight is 669 g/mol. The van der Waals surface area contributed by atoms with E-state index >= 15 is 4.39 Å². The van der Waals surface area contributed by atoms with Crippen LogP contribution in [0.5, 0.6) is 6.01 Å². The standard InChI is InChI=1S/C32H35ClF2N8O4/c1-41-18-8-19(44)15-42(14-18)29-22-11-36-28(25-20(4-2-7-46-31(41)45)23(33)9-24-21(25)12-37-40-24)26(35)27(22)38-30(39-29)47-16-32-5-3-6-43(32)13-17(34)10-32/h9,11-12,17-19,44H,2-8,10,13-16H2,1H3,(H,37,40)/t17-,18-,19+,32+/m1/s1. The van der Waals surface area contributed by atoms with E-state index in [1.54, 1.807) is 24.2 Å². The number of hydrogen-bond donors (Lipinski definition) is 2. The van der Waals surface area contributed by atoms with Gasteiger partial charge in [-0.2, -0.15) is 15.1 Å². The lowest BCUT2D eigenvalue weighted by molar-refractivity contribution is 0.0688. The van der Waals surface area contributed by atoms with Crippen molar-refractivity contribution >= 4 is 45.3 Å². The molecule has 0 unspecified atom stereocenters. The Morgan fingerprint density at radius 3 is 2.96 bits per heavy atom. The molecule has 3 saturated heterocycles. The van der Waals surface area contributed by atoms with Gasteiger partial charge in [0.2, 0.25) is 0 Å². The number of piperidine rings is 1. The number of pyridine rings is 1. The van der Waals surface area contributed by atoms with Crippen LogP contribution in [0.15, 0.2) is 18.5 Å². The zero-order valence-corrected chi connectivity index (χ0v) is 26.6. The fraction of sp³-hybridized carbons (Fsp3) is 0.531. The third-order valence-corrected chi connectivity index (χ3v) is 10.6. The summed E-state index contributed by atoms with van der Waals surface area (Å²) in [6, 6.07) is 1.26. The SMILES string of the molecule is CN1C(=O)OCCCc2c(Cl)cc3[nH]ncc3c2-c2ncc3c(nc(OC[C@@]45CCCN4C[C@H](F)C5)nc3c2F)N2C[C@@H](O)C[C@@H]1C2. The first-order valence-corrected chi connectivity index (χ1v) is 16.4. The maximum absolute atomic E-state index is 17.0. The molecule has 0 saturated carbocycles. The first-order valence-electron chi connectivity index (χ1n) is 16.1. The third kappa shape index (κ3) is 5.21. The molecule has 12 nitrogen and oxygen atoms in total. The Hall–Kier alpha value is -3.88. The van der Waals surface area contributed by atoms with E-state index in [2.05, 4.69) is 25.1 Å². The summed E-state index contributed by atoms with van der Waals surface area (Å²) in [5, 5.41) is 19.4. The minimum absolute atomic E-state index is 0.00962. The summed E-state index contributed by atoms with van der Waals surface area (Å²) in [6.07, 6.45) is 4.10. The molecule has 2 N–H and O–H groups in total. The molecule has 3 fully saturated rings. The second-order valence-electron chi connectivity index (χ2n) is 13.2. The summed E-state index contributed by atoms with van der Waals surface area (Å²) >= 11 is 6.77. The number of aromatic nitrogens is 5. The van der Waals surface area contributed by atoms with Crippen LogP contribution in [0.25, 0.3) is 33.1 Å². The van der Waals surface area contributed by atoms with Crippen LogP contribution in [0.4, 0.5) is 19.4 Å². The molecule has 6 bridgehead atoms. The maximum atomic E-state index is 17.0. The van der Waals surface area contributed by atoms with Gasteiger partial charge < -0.3 is 24.4 Å². The molecule has 4 atom stereocenters. The lowest BCUT2D eigenvalue weighted by Gasteiger charge is -2.40. The van der Waals surface area contributed by atoms with Crippen molar-refractivity contribution in [3.63, 3.8) is 0 Å². The number of nitrogens with zero attached hydrogens (tertiary/aromatic N) is 7. The molecule has 0 radical (unpaired) electrons. The molecule has 15 heteroatoms. The number of carbonyl (C=O) groups excluding carboxylic acids is 1. The van der Waals surface area contributed by atoms with Crippen LogP contribution < -0.4 is 9.64 Å². The van der Waals surface area contributed by atoms with Crippen LogP contribution in [0.1, 0.15) is 37.7 Å². The zero-order chi connectivity index (χ0) is 32.4. The van der Waals surface area contributed by atoms with Gasteiger partial charge >= 0.3 is 12.1 Å². The van der Waals surface area contributed by atoms with Crippen LogP contribution in [0.3, 0.4) is 0 Å². The van der Waals surface area contributed by atoms with Gasteiger partial charge in [0, 0.05) is 55.3 Å². The topological polar surface area (TPSA) is 133 Å². The fourth-order valence-corrected chi connectivity index (χ4v) is 8.22. The predicted octanol–water partition coefficient (Wildman–Crippen LogP) is 4.27. The fourth-order valence-electron chi connectivity index (χ4n) is 7.92. The summed E-state index contributed by atoms with van der Waals surface area (Å²) in [5.74, 6) is -0.368. The van der Waals surface area contributed by atoms with Gasteiger partial charge in [-0.1, -0.05) is 11.6 Å². The highest BCUT2D eigenvalue weighted by Gasteiger charge is 2.49. The van der Waals surface area contributed by atoms with Gasteiger partial charge in [-0.25, -0.2) is 13.6 Å². The van der Waals surface area contributed by atoms with Crippen LogP contribution in [0.2, 0.25) is 5.02 Å². The minimum Gasteiger partial charge on any atom is -0.461 e. The number of carbonyl (C=O) groups is 1. The number of alkyl halides is 1. The monoisotopic (exact) mass is 668 g/mol. The first-order chi connectivity index (χ1) is 22.7. The molecule has 248 valence electrons. The number of nitrogens with one attached hydrogen (secondary N) is 1. The molecule has 4 aromatic rings. The highest BCUT2D eigenvalue weighted by atomic mass is 35.5. The number of aliphatic hydroxyl groups excluding tert-OH is 1. The van der Waals surface area contributed by atoms with Crippen molar-refractivity contribution in [1.29, 1.82) is 0 Å². The molecule has 5 aliphatic heterocycles. The second kappa shape index (κ2) is 11.7. The van der Waals surface area contributed by atoms with Crippen molar-refractivity contribution < 1.29 is 28.2 Å². The van der Waals surface area contributed by atoms with E-state index < -0.39 is 35.8 Å². The average Bonchev–Trinajstić information content (AvgIpc) is 3.75. The quantitative estimate of drug-likeness (QED) is 0.326. The predicted molar refractivity (Wildman–Crippen MR) is 170 cm³/mol. The molecule has 8 heterocycles. The number of benzene rings is 1. The van der Waals surface area contributed by atoms with Gasteiger partial charge in [0.05, 0.1) is 41.4 Å². The summed E-state index contributed by atoms with van der Waals surface area (Å²) in [7, 11) is 1.64. The number of aromatic amines is 1. The van der Waals surface area contributed by atoms with Crippen molar-refractivity contribution in [2.75, 3.05) is 51.3 Å². The van der Waals surface area contributed by atoms with Gasteiger partial charge in [-0.3, -0.25) is 15.0 Å². The molecular weight excluding hydrogens is 634 g/mol. The number of fused-ring (bicyclic) bond motifs is 8. The Morgan fingerprint density at radius 1 is 1.21 bits per heavy atom. The lowest BCUT2D eigenvalue weighted by Crippen LogP contribution is -2.53. The molecular formula is C32H35ClF2N8O4. The van der Waals surface area contributed by atoms with Gasteiger partial charge in [-0.15, -0.1) is 0 Å². The number of halogens is 3. The number of amides is 1. The van der Waals surface area contributed by atoms with E-state index in [0.717, 1.165) is 19.4 Å². The molecule has 0 spiro atoms. The van der Waals surface area contributed by atoms with Crippen molar-refractivity contribution in [1.82, 2.24) is 34.9 Å². The van der Waals surface area contributed by atoms with E-state index in [9.17, 15) is 14.3 Å². The van der Waals surface area contributed by atoms with Crippen LogP contribution in [-0.2, 0) is 11.2 Å². The van der Waals surface area contributed by atoms with Gasteiger partial charge in [-0.05, 0) is 50.3 Å². The molecule has 1 aromatic carbocycles. The molecule has 9 rings (SSSR count). The van der Waals surface area contributed by atoms with Crippen LogP contribution in [-0.4, -0.2) is 116 Å². The molecule has 47 heavy (non-hydrogen) atoms. The second-order valence-corrected chi connectivity index (χ2v) is 13.6. The Morgan fingerprint density at radius 2 is 2.09 bits per heavy atom. The van der Waals surface area contributed by atoms with Crippen molar-refractivity contribution in [2.45, 2.75) is 62.4 Å². The van der Waals surface area contributed by atoms with E-state index in [-0.39, 0.29) is 37.0 Å². The van der Waals surface area contributed by atoms with E-state index in [1.165, 1.54) is 11.1 Å². The zero-order valence-electron chi connectivity index (χ0n) is 25.9. The molecule has 5 aliphatic rings. The Bertz CT molecular complexity index is 1880. The van der Waals surface area contributed by atoms with Crippen molar-refractivity contribution in [3.8, 4) is 17.3 Å². The van der Waals surface area contributed by atoms with E-state index in [1.807, 2.05) is 0 Å². The van der Waals surface area contributed by atoms with Crippen molar-refractivity contribution in [3.05, 3.63) is 34.9 Å². The van der Waals surface area contributed by atoms with Gasteiger partial charge in [0.25, 0.3) is 0 Å². The number of anilines is 1. The number of hydrogen-bond acceptors (Lipinski definition) is 10. The number of rotatable bonds is 3. The largest absolute Gasteiger partial charge is 0.461 e. The number of aliphatic hydroxyl groups is 1. The van der Waals surface area contributed by atoms with E-state index in [0.29, 0.717) is 77.0 Å². The van der Waals surface area contributed by atoms with Gasteiger partial charge in [0.1, 0.15) is 29.8 Å². The smallest absolute Gasteiger partial charge is 0.409 e. The summed E-state index contributed by atoms with van der Waals surface area (Å²) in [6.45, 7) is 1.92. The first kappa shape index (κ1) is 30.5. The Balaban J connectivity index is 1.31. The van der Waals surface area contributed by atoms with Crippen LogP contribution >= 0.6 is 11.6 Å². The van der Waals surface area contributed by atoms with E-state index in [4.69, 9.17) is 26.1 Å².